The van der Waals surface area contributed by atoms with Gasteiger partial charge in [0.05, 0.1) is 30.8 Å². The molecule has 0 aliphatic carbocycles. The van der Waals surface area contributed by atoms with Gasteiger partial charge >= 0.3 is 0 Å². The van der Waals surface area contributed by atoms with Gasteiger partial charge in [-0.2, -0.15) is 0 Å². The van der Waals surface area contributed by atoms with Crippen LogP contribution < -0.4 is 0 Å². The zero-order chi connectivity index (χ0) is 18.2. The van der Waals surface area contributed by atoms with Crippen molar-refractivity contribution in [2.24, 2.45) is 5.92 Å². The largest absolute Gasteiger partial charge is 0.336 e. The van der Waals surface area contributed by atoms with Crippen LogP contribution in [0.2, 0.25) is 0 Å². The topological polar surface area (TPSA) is 78.0 Å². The quantitative estimate of drug-likeness (QED) is 0.709. The lowest BCUT2D eigenvalue weighted by Crippen LogP contribution is -2.47. The summed E-state index contributed by atoms with van der Waals surface area (Å²) in [6, 6.07) is -0.677. The van der Waals surface area contributed by atoms with E-state index in [9.17, 15) is 18.0 Å². The highest BCUT2D eigenvalue weighted by molar-refractivity contribution is 7.88. The van der Waals surface area contributed by atoms with Crippen LogP contribution in [0.1, 0.15) is 45.4 Å². The van der Waals surface area contributed by atoms with Crippen molar-refractivity contribution in [2.45, 2.75) is 57.5 Å². The minimum Gasteiger partial charge on any atom is -0.336 e. The van der Waals surface area contributed by atoms with Crippen molar-refractivity contribution in [3.8, 4) is 0 Å². The summed E-state index contributed by atoms with van der Waals surface area (Å²) in [5, 5.41) is 0. The molecule has 0 aromatic carbocycles. The highest BCUT2D eigenvalue weighted by Crippen LogP contribution is 2.40. The molecule has 0 radical (unpaired) electrons. The first-order chi connectivity index (χ1) is 11.8. The number of carbonyl (C=O) groups excluding carboxylic acids is 2. The average Bonchev–Trinajstić information content (AvgIpc) is 3.07. The summed E-state index contributed by atoms with van der Waals surface area (Å²) < 4.78 is 25.3. The van der Waals surface area contributed by atoms with E-state index in [0.717, 1.165) is 42.9 Å². The van der Waals surface area contributed by atoms with E-state index in [1.807, 2.05) is 6.92 Å². The number of carbonyl (C=O) groups is 2. The number of hydrogen-bond donors (Lipinski definition) is 0. The molecular weight excluding hydrogens is 342 g/mol. The van der Waals surface area contributed by atoms with Gasteiger partial charge in [0.15, 0.2) is 0 Å². The van der Waals surface area contributed by atoms with Gasteiger partial charge in [-0.15, -0.1) is 0 Å². The first-order valence-corrected chi connectivity index (χ1v) is 11.2. The third-order valence-corrected chi connectivity index (χ3v) is 6.92. The van der Waals surface area contributed by atoms with Crippen molar-refractivity contribution in [3.63, 3.8) is 0 Å². The number of amides is 2. The molecule has 0 N–H and O–H groups in total. The normalized spacial score (nSPS) is 30.8. The smallest absolute Gasteiger partial charge is 0.241 e. The Balaban J connectivity index is 1.78. The lowest BCUT2D eigenvalue weighted by atomic mass is 9.94. The second-order valence-corrected chi connectivity index (χ2v) is 9.42. The summed E-state index contributed by atoms with van der Waals surface area (Å²) in [4.78, 5) is 29.6. The first kappa shape index (κ1) is 18.6. The third kappa shape index (κ3) is 3.56. The zero-order valence-electron chi connectivity index (χ0n) is 15.2. The maximum Gasteiger partial charge on any atom is 0.241 e. The molecule has 8 heteroatoms. The molecule has 3 fully saturated rings. The summed E-state index contributed by atoms with van der Waals surface area (Å²) in [5.41, 5.74) is 0. The van der Waals surface area contributed by atoms with Crippen molar-refractivity contribution >= 4 is 21.8 Å². The number of piperidine rings is 1. The van der Waals surface area contributed by atoms with Crippen molar-refractivity contribution in [1.29, 1.82) is 0 Å². The van der Waals surface area contributed by atoms with Crippen LogP contribution in [0.15, 0.2) is 0 Å². The van der Waals surface area contributed by atoms with Gasteiger partial charge in [0.2, 0.25) is 21.8 Å². The Bertz CT molecular complexity index is 630. The van der Waals surface area contributed by atoms with Crippen molar-refractivity contribution in [3.05, 3.63) is 0 Å². The van der Waals surface area contributed by atoms with Gasteiger partial charge in [-0.25, -0.2) is 12.7 Å². The second kappa shape index (κ2) is 7.23. The van der Waals surface area contributed by atoms with Crippen LogP contribution in [0.4, 0.5) is 0 Å². The average molecular weight is 372 g/mol. The highest BCUT2D eigenvalue weighted by Gasteiger charge is 2.57. The number of sulfonamides is 1. The predicted octanol–water partition coefficient (Wildman–Crippen LogP) is 0.660. The summed E-state index contributed by atoms with van der Waals surface area (Å²) in [5.74, 6) is -0.675. The van der Waals surface area contributed by atoms with E-state index in [0.29, 0.717) is 25.9 Å². The molecule has 3 saturated heterocycles. The lowest BCUT2D eigenvalue weighted by Gasteiger charge is -2.31. The molecule has 3 rings (SSSR count). The maximum atomic E-state index is 12.9. The molecule has 3 heterocycles. The van der Waals surface area contributed by atoms with Crippen molar-refractivity contribution < 1.29 is 18.0 Å². The second-order valence-electron chi connectivity index (χ2n) is 7.56. The van der Waals surface area contributed by atoms with Gasteiger partial charge in [0.25, 0.3) is 0 Å². The highest BCUT2D eigenvalue weighted by atomic mass is 32.2. The minimum atomic E-state index is -3.60. The molecule has 2 amide bonds. The number of rotatable bonds is 5. The van der Waals surface area contributed by atoms with Crippen LogP contribution in [0.5, 0.6) is 0 Å². The van der Waals surface area contributed by atoms with E-state index >= 15 is 0 Å². The third-order valence-electron chi connectivity index (χ3n) is 5.75. The van der Waals surface area contributed by atoms with Gasteiger partial charge in [-0.1, -0.05) is 19.8 Å². The Morgan fingerprint density at radius 2 is 1.84 bits per heavy atom. The van der Waals surface area contributed by atoms with Crippen LogP contribution in [-0.2, 0) is 19.6 Å². The first-order valence-electron chi connectivity index (χ1n) is 9.39. The Kier molecular flexibility index (Phi) is 5.39. The SMILES string of the molecule is CCC[C@H]1C(=O)N(S(C)(=O)=O)[C@H]2CCN(C(=O)CN3CCCCC3)[C@H]12. The van der Waals surface area contributed by atoms with Crippen LogP contribution >= 0.6 is 0 Å². The predicted molar refractivity (Wildman–Crippen MR) is 94.3 cm³/mol. The Morgan fingerprint density at radius 1 is 1.16 bits per heavy atom. The number of hydrogen-bond acceptors (Lipinski definition) is 5. The molecule has 0 unspecified atom stereocenters. The molecule has 7 nitrogen and oxygen atoms in total. The molecule has 0 spiro atoms. The van der Waals surface area contributed by atoms with Crippen LogP contribution in [0.3, 0.4) is 0 Å². The van der Waals surface area contributed by atoms with E-state index in [2.05, 4.69) is 4.90 Å². The number of nitrogens with zero attached hydrogens (tertiary/aromatic N) is 3. The van der Waals surface area contributed by atoms with Gasteiger partial charge in [-0.05, 0) is 38.8 Å². The van der Waals surface area contributed by atoms with Gasteiger partial charge in [0, 0.05) is 6.54 Å². The van der Waals surface area contributed by atoms with Crippen molar-refractivity contribution in [2.75, 3.05) is 32.4 Å². The summed E-state index contributed by atoms with van der Waals surface area (Å²) in [6.45, 7) is 4.80. The van der Waals surface area contributed by atoms with Crippen molar-refractivity contribution in [1.82, 2.24) is 14.1 Å². The molecule has 3 atom stereocenters. The van der Waals surface area contributed by atoms with Crippen LogP contribution in [0.25, 0.3) is 0 Å². The maximum absolute atomic E-state index is 12.9. The summed E-state index contributed by atoms with van der Waals surface area (Å²) in [6.07, 6.45) is 6.53. The van der Waals surface area contributed by atoms with Gasteiger partial charge < -0.3 is 4.90 Å². The van der Waals surface area contributed by atoms with E-state index in [1.165, 1.54) is 6.42 Å². The standard InChI is InChI=1S/C17H29N3O4S/c1-3-7-13-16-14(20(17(13)22)25(2,23)24)8-11-19(16)15(21)12-18-9-5-4-6-10-18/h13-14,16H,3-12H2,1-2H3/t13-,14+,16-/m1/s1. The zero-order valence-corrected chi connectivity index (χ0v) is 16.0. The number of fused-ring (bicyclic) bond motifs is 1. The van der Waals surface area contributed by atoms with E-state index in [1.54, 1.807) is 4.90 Å². The molecule has 0 bridgehead atoms. The lowest BCUT2D eigenvalue weighted by molar-refractivity contribution is -0.135. The molecule has 3 aliphatic heterocycles. The fraction of sp³-hybridized carbons (Fsp3) is 0.882. The van der Waals surface area contributed by atoms with Gasteiger partial charge in [-0.3, -0.25) is 14.5 Å². The molecule has 0 aromatic rings. The molecule has 25 heavy (non-hydrogen) atoms. The van der Waals surface area contributed by atoms with E-state index in [4.69, 9.17) is 0 Å². The van der Waals surface area contributed by atoms with Gasteiger partial charge in [0.1, 0.15) is 0 Å². The number of likely N-dealkylation sites (tertiary alicyclic amines) is 2. The molecular formula is C17H29N3O4S. The van der Waals surface area contributed by atoms with Crippen LogP contribution in [0, 0.1) is 5.92 Å². The molecule has 0 aromatic heterocycles. The van der Waals surface area contributed by atoms with Crippen LogP contribution in [-0.4, -0.2) is 78.9 Å². The fourth-order valence-electron chi connectivity index (χ4n) is 4.72. The fourth-order valence-corrected chi connectivity index (χ4v) is 5.90. The minimum absolute atomic E-state index is 0.0404. The summed E-state index contributed by atoms with van der Waals surface area (Å²) >= 11 is 0. The Hall–Kier alpha value is -1.15. The molecule has 142 valence electrons. The van der Waals surface area contributed by atoms with E-state index < -0.39 is 15.9 Å². The molecule has 3 aliphatic rings. The van der Waals surface area contributed by atoms with E-state index in [-0.39, 0.29) is 23.9 Å². The monoisotopic (exact) mass is 371 g/mol. The Morgan fingerprint density at radius 3 is 2.44 bits per heavy atom. The Labute approximate surface area is 150 Å². The summed E-state index contributed by atoms with van der Waals surface area (Å²) in [7, 11) is -3.60. The molecule has 0 saturated carbocycles.